The average molecular weight is 267 g/mol. The predicted octanol–water partition coefficient (Wildman–Crippen LogP) is 3.72. The van der Waals surface area contributed by atoms with E-state index in [9.17, 15) is 13.2 Å². The highest BCUT2D eigenvalue weighted by Crippen LogP contribution is 2.20. The van der Waals surface area contributed by atoms with Gasteiger partial charge in [0.05, 0.1) is 12.8 Å². The van der Waals surface area contributed by atoms with Gasteiger partial charge in [-0.1, -0.05) is 6.07 Å². The van der Waals surface area contributed by atoms with Crippen LogP contribution >= 0.6 is 0 Å². The molecule has 0 aromatic heterocycles. The minimum Gasteiger partial charge on any atom is -0.494 e. The van der Waals surface area contributed by atoms with Crippen LogP contribution in [0.3, 0.4) is 0 Å². The molecule has 0 radical (unpaired) electrons. The van der Waals surface area contributed by atoms with Crippen molar-refractivity contribution >= 4 is 5.69 Å². The van der Waals surface area contributed by atoms with Gasteiger partial charge in [-0.2, -0.15) is 0 Å². The molecule has 1 N–H and O–H groups in total. The molecule has 19 heavy (non-hydrogen) atoms. The third-order valence-electron chi connectivity index (χ3n) is 2.63. The molecule has 0 heterocycles. The van der Waals surface area contributed by atoms with Gasteiger partial charge in [0.15, 0.2) is 11.6 Å². The Morgan fingerprint density at radius 3 is 2.47 bits per heavy atom. The lowest BCUT2D eigenvalue weighted by Gasteiger charge is -2.09. The number of benzene rings is 2. The molecular weight excluding hydrogens is 255 g/mol. The van der Waals surface area contributed by atoms with E-state index in [0.717, 1.165) is 18.2 Å². The maximum atomic E-state index is 13.4. The van der Waals surface area contributed by atoms with E-state index in [1.54, 1.807) is 6.07 Å². The van der Waals surface area contributed by atoms with Crippen molar-refractivity contribution in [2.24, 2.45) is 0 Å². The summed E-state index contributed by atoms with van der Waals surface area (Å²) >= 11 is 0. The van der Waals surface area contributed by atoms with Crippen molar-refractivity contribution in [3.05, 3.63) is 59.4 Å². The zero-order chi connectivity index (χ0) is 13.8. The second kappa shape index (κ2) is 5.65. The Kier molecular flexibility index (Phi) is 3.94. The van der Waals surface area contributed by atoms with Crippen LogP contribution in [0.15, 0.2) is 36.4 Å². The maximum Gasteiger partial charge on any atom is 0.165 e. The zero-order valence-electron chi connectivity index (χ0n) is 10.2. The molecule has 2 aromatic rings. The number of rotatable bonds is 4. The van der Waals surface area contributed by atoms with Gasteiger partial charge in [0.25, 0.3) is 0 Å². The van der Waals surface area contributed by atoms with Crippen LogP contribution in [-0.2, 0) is 6.54 Å². The van der Waals surface area contributed by atoms with Gasteiger partial charge in [-0.05, 0) is 35.9 Å². The molecule has 2 nitrogen and oxygen atoms in total. The van der Waals surface area contributed by atoms with Crippen LogP contribution in [0.4, 0.5) is 18.9 Å². The fraction of sp³-hybridized carbons (Fsp3) is 0.143. The topological polar surface area (TPSA) is 21.3 Å². The molecule has 0 amide bonds. The lowest BCUT2D eigenvalue weighted by molar-refractivity contribution is 0.386. The molecule has 2 aromatic carbocycles. The lowest BCUT2D eigenvalue weighted by Crippen LogP contribution is -2.02. The van der Waals surface area contributed by atoms with Crippen LogP contribution in [0.1, 0.15) is 5.56 Å². The summed E-state index contributed by atoms with van der Waals surface area (Å²) in [5.41, 5.74) is 0.637. The molecule has 0 atom stereocenters. The fourth-order valence-electron chi connectivity index (χ4n) is 1.65. The summed E-state index contributed by atoms with van der Waals surface area (Å²) in [7, 11) is 1.37. The molecule has 0 unspecified atom stereocenters. The molecule has 2 rings (SSSR count). The first-order valence-electron chi connectivity index (χ1n) is 5.61. The second-order valence-electron chi connectivity index (χ2n) is 3.95. The van der Waals surface area contributed by atoms with Gasteiger partial charge in [-0.25, -0.2) is 13.2 Å². The minimum atomic E-state index is -0.560. The monoisotopic (exact) mass is 267 g/mol. The van der Waals surface area contributed by atoms with E-state index >= 15 is 0 Å². The first-order valence-corrected chi connectivity index (χ1v) is 5.61. The maximum absolute atomic E-state index is 13.4. The van der Waals surface area contributed by atoms with Gasteiger partial charge in [-0.15, -0.1) is 0 Å². The van der Waals surface area contributed by atoms with Crippen molar-refractivity contribution in [3.8, 4) is 5.75 Å². The Balaban J connectivity index is 2.10. The Labute approximate surface area is 108 Å². The van der Waals surface area contributed by atoms with Gasteiger partial charge >= 0.3 is 0 Å². The molecular formula is C14H12F3NO. The standard InChI is InChI=1S/C14H12F3NO/c1-19-14-5-2-9(6-12(14)17)8-18-13-7-10(15)3-4-11(13)16/h2-7,18H,8H2,1H3. The molecule has 100 valence electrons. The number of anilines is 1. The predicted molar refractivity (Wildman–Crippen MR) is 66.6 cm³/mol. The Hall–Kier alpha value is -2.17. The van der Waals surface area contributed by atoms with Crippen molar-refractivity contribution < 1.29 is 17.9 Å². The Bertz CT molecular complexity index is 587. The summed E-state index contributed by atoms with van der Waals surface area (Å²) in [5.74, 6) is -1.46. The van der Waals surface area contributed by atoms with Gasteiger partial charge < -0.3 is 10.1 Å². The normalized spacial score (nSPS) is 10.3. The summed E-state index contributed by atoms with van der Waals surface area (Å²) in [6.45, 7) is 0.182. The van der Waals surface area contributed by atoms with E-state index in [4.69, 9.17) is 4.74 Å². The minimum absolute atomic E-state index is 0.0382. The molecule has 0 aliphatic rings. The van der Waals surface area contributed by atoms with Crippen LogP contribution in [0, 0.1) is 17.5 Å². The first-order chi connectivity index (χ1) is 9.10. The van der Waals surface area contributed by atoms with E-state index in [-0.39, 0.29) is 18.0 Å². The summed E-state index contributed by atoms with van der Waals surface area (Å²) in [5, 5.41) is 2.71. The highest BCUT2D eigenvalue weighted by Gasteiger charge is 2.06. The molecule has 0 aliphatic heterocycles. The molecule has 0 fully saturated rings. The summed E-state index contributed by atoms with van der Waals surface area (Å²) in [6, 6.07) is 7.53. The van der Waals surface area contributed by atoms with E-state index in [2.05, 4.69) is 5.32 Å². The Morgan fingerprint density at radius 2 is 1.79 bits per heavy atom. The van der Waals surface area contributed by atoms with Crippen LogP contribution in [0.2, 0.25) is 0 Å². The quantitative estimate of drug-likeness (QED) is 0.911. The molecule has 0 bridgehead atoms. The van der Waals surface area contributed by atoms with Crippen molar-refractivity contribution in [1.29, 1.82) is 0 Å². The van der Waals surface area contributed by atoms with E-state index in [0.29, 0.717) is 5.56 Å². The summed E-state index contributed by atoms with van der Waals surface area (Å²) < 4.78 is 44.5. The van der Waals surface area contributed by atoms with Gasteiger partial charge in [0.2, 0.25) is 0 Å². The van der Waals surface area contributed by atoms with E-state index in [1.807, 2.05) is 0 Å². The SMILES string of the molecule is COc1ccc(CNc2cc(F)ccc2F)cc1F. The number of halogens is 3. The molecule has 0 saturated carbocycles. The van der Waals surface area contributed by atoms with Crippen molar-refractivity contribution in [1.82, 2.24) is 0 Å². The molecule has 0 saturated heterocycles. The van der Waals surface area contributed by atoms with Crippen molar-refractivity contribution in [3.63, 3.8) is 0 Å². The number of hydrogen-bond acceptors (Lipinski definition) is 2. The van der Waals surface area contributed by atoms with E-state index in [1.165, 1.54) is 19.2 Å². The number of ether oxygens (including phenoxy) is 1. The first kappa shape index (κ1) is 13.3. The summed E-state index contributed by atoms with van der Waals surface area (Å²) in [6.07, 6.45) is 0. The highest BCUT2D eigenvalue weighted by atomic mass is 19.1. The molecule has 0 spiro atoms. The molecule has 5 heteroatoms. The second-order valence-corrected chi connectivity index (χ2v) is 3.95. The number of methoxy groups -OCH3 is 1. The molecule has 0 aliphatic carbocycles. The zero-order valence-corrected chi connectivity index (χ0v) is 10.2. The number of nitrogens with one attached hydrogen (secondary N) is 1. The highest BCUT2D eigenvalue weighted by molar-refractivity contribution is 5.45. The van der Waals surface area contributed by atoms with Crippen molar-refractivity contribution in [2.45, 2.75) is 6.54 Å². The third-order valence-corrected chi connectivity index (χ3v) is 2.63. The number of hydrogen-bond donors (Lipinski definition) is 1. The lowest BCUT2D eigenvalue weighted by atomic mass is 10.2. The average Bonchev–Trinajstić information content (AvgIpc) is 2.40. The summed E-state index contributed by atoms with van der Waals surface area (Å²) in [4.78, 5) is 0. The van der Waals surface area contributed by atoms with Crippen LogP contribution < -0.4 is 10.1 Å². The van der Waals surface area contributed by atoms with Crippen LogP contribution in [0.25, 0.3) is 0 Å². The van der Waals surface area contributed by atoms with Gasteiger partial charge in [0, 0.05) is 6.54 Å². The fourth-order valence-corrected chi connectivity index (χ4v) is 1.65. The van der Waals surface area contributed by atoms with E-state index < -0.39 is 17.5 Å². The van der Waals surface area contributed by atoms with Gasteiger partial charge in [-0.3, -0.25) is 0 Å². The smallest absolute Gasteiger partial charge is 0.165 e. The van der Waals surface area contributed by atoms with Crippen LogP contribution in [0.5, 0.6) is 5.75 Å². The largest absolute Gasteiger partial charge is 0.494 e. The third kappa shape index (κ3) is 3.19. The van der Waals surface area contributed by atoms with Crippen molar-refractivity contribution in [2.75, 3.05) is 12.4 Å². The van der Waals surface area contributed by atoms with Gasteiger partial charge in [0.1, 0.15) is 11.6 Å². The van der Waals surface area contributed by atoms with Crippen LogP contribution in [-0.4, -0.2) is 7.11 Å². The Morgan fingerprint density at radius 1 is 1.00 bits per heavy atom.